The average molecular weight is 240 g/mol. The fourth-order valence-corrected chi connectivity index (χ4v) is 1.95. The van der Waals surface area contributed by atoms with Gasteiger partial charge < -0.3 is 4.90 Å². The maximum atomic E-state index is 11.7. The average Bonchev–Trinajstić information content (AvgIpc) is 2.41. The molecule has 0 aliphatic heterocycles. The Morgan fingerprint density at radius 2 is 1.89 bits per heavy atom. The van der Waals surface area contributed by atoms with Crippen molar-refractivity contribution in [1.29, 1.82) is 0 Å². The number of ketones is 1. The molecule has 0 saturated heterocycles. The summed E-state index contributed by atoms with van der Waals surface area (Å²) in [5, 5.41) is 0. The number of benzene rings is 1. The molecule has 0 radical (unpaired) electrons. The summed E-state index contributed by atoms with van der Waals surface area (Å²) >= 11 is 0. The second-order valence-electron chi connectivity index (χ2n) is 4.01. The van der Waals surface area contributed by atoms with Crippen molar-refractivity contribution in [3.8, 4) is 0 Å². The Kier molecular flexibility index (Phi) is 3.72. The van der Waals surface area contributed by atoms with E-state index in [1.807, 2.05) is 48.2 Å². The standard InChI is InChI=1S/C15H16N2O/c1-3-17(13-8-5-4-6-9-13)15-14(12(2)18)10-7-11-16-15/h4-11H,3H2,1-2H3. The monoisotopic (exact) mass is 240 g/mol. The first kappa shape index (κ1) is 12.3. The lowest BCUT2D eigenvalue weighted by molar-refractivity contribution is 0.101. The van der Waals surface area contributed by atoms with Crippen molar-refractivity contribution < 1.29 is 4.79 Å². The fourth-order valence-electron chi connectivity index (χ4n) is 1.95. The van der Waals surface area contributed by atoms with Crippen LogP contribution < -0.4 is 4.90 Å². The third kappa shape index (κ3) is 2.40. The molecule has 3 heteroatoms. The normalized spacial score (nSPS) is 10.1. The third-order valence-electron chi connectivity index (χ3n) is 2.81. The van der Waals surface area contributed by atoms with Crippen LogP contribution in [-0.4, -0.2) is 17.3 Å². The summed E-state index contributed by atoms with van der Waals surface area (Å²) in [6, 6.07) is 13.6. The van der Waals surface area contributed by atoms with Gasteiger partial charge in [0, 0.05) is 18.4 Å². The maximum absolute atomic E-state index is 11.7. The first-order chi connectivity index (χ1) is 8.74. The Morgan fingerprint density at radius 1 is 1.17 bits per heavy atom. The molecule has 92 valence electrons. The fraction of sp³-hybridized carbons (Fsp3) is 0.200. The number of carbonyl (C=O) groups is 1. The molecule has 0 spiro atoms. The van der Waals surface area contributed by atoms with E-state index < -0.39 is 0 Å². The number of hydrogen-bond acceptors (Lipinski definition) is 3. The largest absolute Gasteiger partial charge is 0.326 e. The number of nitrogens with zero attached hydrogens (tertiary/aromatic N) is 2. The van der Waals surface area contributed by atoms with E-state index in [-0.39, 0.29) is 5.78 Å². The van der Waals surface area contributed by atoms with Crippen LogP contribution in [0.4, 0.5) is 11.5 Å². The Morgan fingerprint density at radius 3 is 2.50 bits per heavy atom. The van der Waals surface area contributed by atoms with Crippen molar-refractivity contribution in [2.75, 3.05) is 11.4 Å². The Bertz CT molecular complexity index is 537. The van der Waals surface area contributed by atoms with E-state index in [0.717, 1.165) is 18.1 Å². The Labute approximate surface area is 107 Å². The van der Waals surface area contributed by atoms with Gasteiger partial charge in [-0.25, -0.2) is 4.98 Å². The molecule has 1 aromatic carbocycles. The van der Waals surface area contributed by atoms with E-state index in [1.165, 1.54) is 0 Å². The van der Waals surface area contributed by atoms with Crippen molar-refractivity contribution in [2.45, 2.75) is 13.8 Å². The van der Waals surface area contributed by atoms with Gasteiger partial charge >= 0.3 is 0 Å². The van der Waals surface area contributed by atoms with Crippen LogP contribution in [0.5, 0.6) is 0 Å². The molecule has 1 aromatic heterocycles. The van der Waals surface area contributed by atoms with Gasteiger partial charge in [0.15, 0.2) is 5.78 Å². The molecule has 2 rings (SSSR count). The van der Waals surface area contributed by atoms with Crippen LogP contribution in [0.1, 0.15) is 24.2 Å². The van der Waals surface area contributed by atoms with Crippen LogP contribution >= 0.6 is 0 Å². The number of para-hydroxylation sites is 1. The summed E-state index contributed by atoms with van der Waals surface area (Å²) in [5.74, 6) is 0.756. The van der Waals surface area contributed by atoms with Gasteiger partial charge in [-0.1, -0.05) is 18.2 Å². The van der Waals surface area contributed by atoms with Crippen LogP contribution in [0.3, 0.4) is 0 Å². The minimum absolute atomic E-state index is 0.0347. The molecule has 0 unspecified atom stereocenters. The van der Waals surface area contributed by atoms with E-state index in [4.69, 9.17) is 0 Å². The molecule has 3 nitrogen and oxygen atoms in total. The lowest BCUT2D eigenvalue weighted by atomic mass is 10.1. The van der Waals surface area contributed by atoms with E-state index in [2.05, 4.69) is 4.98 Å². The minimum Gasteiger partial charge on any atom is -0.326 e. The summed E-state index contributed by atoms with van der Waals surface area (Å²) in [6.45, 7) is 4.38. The number of carbonyl (C=O) groups excluding carboxylic acids is 1. The van der Waals surface area contributed by atoms with Crippen LogP contribution in [-0.2, 0) is 0 Å². The molecule has 0 bridgehead atoms. The number of anilines is 2. The minimum atomic E-state index is 0.0347. The predicted molar refractivity (Wildman–Crippen MR) is 73.4 cm³/mol. The van der Waals surface area contributed by atoms with Crippen molar-refractivity contribution in [3.05, 3.63) is 54.2 Å². The molecule has 0 aliphatic rings. The smallest absolute Gasteiger partial charge is 0.163 e. The van der Waals surface area contributed by atoms with E-state index in [9.17, 15) is 4.79 Å². The molecule has 0 amide bonds. The summed E-state index contributed by atoms with van der Waals surface area (Å²) in [7, 11) is 0. The first-order valence-electron chi connectivity index (χ1n) is 6.02. The van der Waals surface area contributed by atoms with E-state index >= 15 is 0 Å². The third-order valence-corrected chi connectivity index (χ3v) is 2.81. The van der Waals surface area contributed by atoms with Crippen LogP contribution in [0.2, 0.25) is 0 Å². The van der Waals surface area contributed by atoms with Gasteiger partial charge in [-0.2, -0.15) is 0 Å². The van der Waals surface area contributed by atoms with Crippen molar-refractivity contribution in [1.82, 2.24) is 4.98 Å². The van der Waals surface area contributed by atoms with Gasteiger partial charge in [0.1, 0.15) is 5.82 Å². The van der Waals surface area contributed by atoms with E-state index in [0.29, 0.717) is 5.56 Å². The molecule has 18 heavy (non-hydrogen) atoms. The predicted octanol–water partition coefficient (Wildman–Crippen LogP) is 3.44. The highest BCUT2D eigenvalue weighted by Crippen LogP contribution is 2.26. The van der Waals surface area contributed by atoms with Gasteiger partial charge in [-0.3, -0.25) is 4.79 Å². The van der Waals surface area contributed by atoms with Gasteiger partial charge in [-0.05, 0) is 38.1 Å². The SMILES string of the molecule is CCN(c1ccccc1)c1ncccc1C(C)=O. The Hall–Kier alpha value is -2.16. The number of Topliss-reactive ketones (excluding diaryl/α,β-unsaturated/α-hetero) is 1. The number of rotatable bonds is 4. The molecular weight excluding hydrogens is 224 g/mol. The topological polar surface area (TPSA) is 33.2 Å². The first-order valence-corrected chi connectivity index (χ1v) is 6.02. The van der Waals surface area contributed by atoms with Crippen molar-refractivity contribution >= 4 is 17.3 Å². The van der Waals surface area contributed by atoms with Gasteiger partial charge in [0.2, 0.25) is 0 Å². The second kappa shape index (κ2) is 5.45. The van der Waals surface area contributed by atoms with Crippen LogP contribution in [0.15, 0.2) is 48.7 Å². The highest BCUT2D eigenvalue weighted by atomic mass is 16.1. The lowest BCUT2D eigenvalue weighted by Crippen LogP contribution is -2.19. The van der Waals surface area contributed by atoms with Gasteiger partial charge in [-0.15, -0.1) is 0 Å². The highest BCUT2D eigenvalue weighted by molar-refractivity contribution is 5.99. The van der Waals surface area contributed by atoms with E-state index in [1.54, 1.807) is 19.2 Å². The number of pyridine rings is 1. The molecule has 0 N–H and O–H groups in total. The summed E-state index contributed by atoms with van der Waals surface area (Å²) in [5.41, 5.74) is 1.70. The zero-order valence-electron chi connectivity index (χ0n) is 10.6. The summed E-state index contributed by atoms with van der Waals surface area (Å²) in [4.78, 5) is 18.0. The molecule has 0 atom stereocenters. The highest BCUT2D eigenvalue weighted by Gasteiger charge is 2.15. The zero-order chi connectivity index (χ0) is 13.0. The quantitative estimate of drug-likeness (QED) is 0.767. The molecule has 1 heterocycles. The number of aromatic nitrogens is 1. The van der Waals surface area contributed by atoms with Crippen molar-refractivity contribution in [3.63, 3.8) is 0 Å². The second-order valence-corrected chi connectivity index (χ2v) is 4.01. The van der Waals surface area contributed by atoms with Gasteiger partial charge in [0.05, 0.1) is 5.56 Å². The van der Waals surface area contributed by atoms with Gasteiger partial charge in [0.25, 0.3) is 0 Å². The lowest BCUT2D eigenvalue weighted by Gasteiger charge is -2.23. The van der Waals surface area contributed by atoms with Crippen molar-refractivity contribution in [2.24, 2.45) is 0 Å². The zero-order valence-corrected chi connectivity index (χ0v) is 10.6. The summed E-state index contributed by atoms with van der Waals surface area (Å²) in [6.07, 6.45) is 1.72. The molecular formula is C15H16N2O. The molecule has 0 aliphatic carbocycles. The Balaban J connectivity index is 2.49. The molecule has 0 fully saturated rings. The maximum Gasteiger partial charge on any atom is 0.163 e. The van der Waals surface area contributed by atoms with Crippen LogP contribution in [0, 0.1) is 0 Å². The molecule has 2 aromatic rings. The molecule has 0 saturated carbocycles. The van der Waals surface area contributed by atoms with Crippen LogP contribution in [0.25, 0.3) is 0 Å². The summed E-state index contributed by atoms with van der Waals surface area (Å²) < 4.78 is 0. The number of hydrogen-bond donors (Lipinski definition) is 0.